The van der Waals surface area contributed by atoms with E-state index < -0.39 is 5.91 Å². The van der Waals surface area contributed by atoms with E-state index in [-0.39, 0.29) is 5.91 Å². The molecule has 1 heterocycles. The molecular formula is C19H22N3O3+. The van der Waals surface area contributed by atoms with Gasteiger partial charge in [-0.3, -0.25) is 9.59 Å². The highest BCUT2D eigenvalue weighted by Gasteiger charge is 2.15. The van der Waals surface area contributed by atoms with E-state index in [1.807, 2.05) is 12.1 Å². The zero-order valence-electron chi connectivity index (χ0n) is 14.0. The summed E-state index contributed by atoms with van der Waals surface area (Å²) in [5.74, 6) is -0.835. The van der Waals surface area contributed by atoms with Crippen LogP contribution in [0.2, 0.25) is 0 Å². The van der Waals surface area contributed by atoms with Gasteiger partial charge >= 0.3 is 0 Å². The van der Waals surface area contributed by atoms with E-state index in [9.17, 15) is 9.59 Å². The van der Waals surface area contributed by atoms with Crippen molar-refractivity contribution in [1.29, 1.82) is 0 Å². The van der Waals surface area contributed by atoms with E-state index in [4.69, 9.17) is 10.5 Å². The van der Waals surface area contributed by atoms with Gasteiger partial charge in [-0.2, -0.15) is 0 Å². The van der Waals surface area contributed by atoms with Gasteiger partial charge in [0.1, 0.15) is 19.6 Å². The molecule has 6 nitrogen and oxygen atoms in total. The molecule has 1 saturated heterocycles. The van der Waals surface area contributed by atoms with Gasteiger partial charge in [0.05, 0.1) is 24.5 Å². The quantitative estimate of drug-likeness (QED) is 0.739. The summed E-state index contributed by atoms with van der Waals surface area (Å²) in [5.41, 5.74) is 7.78. The molecule has 130 valence electrons. The van der Waals surface area contributed by atoms with Crippen LogP contribution in [0.25, 0.3) is 0 Å². The van der Waals surface area contributed by atoms with Gasteiger partial charge in [-0.1, -0.05) is 24.3 Å². The highest BCUT2D eigenvalue weighted by Crippen LogP contribution is 2.16. The SMILES string of the molecule is NC(=O)c1ccccc1NC(=O)c1ccc(C[NH+]2CCOCC2)cc1. The van der Waals surface area contributed by atoms with Crippen molar-refractivity contribution in [3.8, 4) is 0 Å². The Morgan fingerprint density at radius 3 is 2.40 bits per heavy atom. The number of quaternary nitrogens is 1. The predicted molar refractivity (Wildman–Crippen MR) is 94.6 cm³/mol. The number of amides is 2. The Balaban J connectivity index is 1.66. The highest BCUT2D eigenvalue weighted by atomic mass is 16.5. The number of carbonyl (C=O) groups is 2. The maximum absolute atomic E-state index is 12.4. The van der Waals surface area contributed by atoms with E-state index in [0.717, 1.165) is 32.8 Å². The lowest BCUT2D eigenvalue weighted by Gasteiger charge is -2.23. The van der Waals surface area contributed by atoms with Gasteiger partial charge in [0.2, 0.25) is 0 Å². The maximum Gasteiger partial charge on any atom is 0.255 e. The van der Waals surface area contributed by atoms with Crippen LogP contribution in [0.5, 0.6) is 0 Å². The Morgan fingerprint density at radius 2 is 1.72 bits per heavy atom. The number of hydrogen-bond donors (Lipinski definition) is 3. The second kappa shape index (κ2) is 7.92. The summed E-state index contributed by atoms with van der Waals surface area (Å²) < 4.78 is 5.36. The first kappa shape index (κ1) is 17.1. The van der Waals surface area contributed by atoms with E-state index in [0.29, 0.717) is 16.8 Å². The van der Waals surface area contributed by atoms with Crippen molar-refractivity contribution in [3.63, 3.8) is 0 Å². The molecule has 0 unspecified atom stereocenters. The number of anilines is 1. The first-order chi connectivity index (χ1) is 12.1. The van der Waals surface area contributed by atoms with Crippen molar-refractivity contribution >= 4 is 17.5 Å². The molecule has 0 spiro atoms. The summed E-state index contributed by atoms with van der Waals surface area (Å²) in [6, 6.07) is 14.2. The summed E-state index contributed by atoms with van der Waals surface area (Å²) in [6.07, 6.45) is 0. The number of hydrogen-bond acceptors (Lipinski definition) is 3. The van der Waals surface area contributed by atoms with Crippen LogP contribution in [0.1, 0.15) is 26.3 Å². The molecule has 0 aliphatic carbocycles. The smallest absolute Gasteiger partial charge is 0.255 e. The van der Waals surface area contributed by atoms with Gasteiger partial charge < -0.3 is 20.7 Å². The number of primary amides is 1. The van der Waals surface area contributed by atoms with Crippen LogP contribution < -0.4 is 16.0 Å². The van der Waals surface area contributed by atoms with E-state index in [1.54, 1.807) is 36.4 Å². The molecule has 3 rings (SSSR count). The Hall–Kier alpha value is -2.70. The molecule has 0 radical (unpaired) electrons. The van der Waals surface area contributed by atoms with Crippen molar-refractivity contribution in [2.45, 2.75) is 6.54 Å². The van der Waals surface area contributed by atoms with Crippen LogP contribution in [-0.4, -0.2) is 38.1 Å². The molecule has 0 saturated carbocycles. The third kappa shape index (κ3) is 4.43. The molecule has 0 aromatic heterocycles. The summed E-state index contributed by atoms with van der Waals surface area (Å²) in [4.78, 5) is 25.3. The Kier molecular flexibility index (Phi) is 5.42. The van der Waals surface area contributed by atoms with Crippen LogP contribution in [-0.2, 0) is 11.3 Å². The first-order valence-electron chi connectivity index (χ1n) is 8.34. The maximum atomic E-state index is 12.4. The van der Waals surface area contributed by atoms with Crippen molar-refractivity contribution in [1.82, 2.24) is 0 Å². The molecule has 2 aromatic rings. The highest BCUT2D eigenvalue weighted by molar-refractivity contribution is 6.08. The number of para-hydroxylation sites is 1. The average Bonchev–Trinajstić information content (AvgIpc) is 2.63. The van der Waals surface area contributed by atoms with Gasteiger partial charge in [0, 0.05) is 11.1 Å². The number of rotatable bonds is 5. The number of nitrogens with one attached hydrogen (secondary N) is 2. The normalized spacial score (nSPS) is 14.9. The summed E-state index contributed by atoms with van der Waals surface area (Å²) in [5, 5.41) is 2.75. The van der Waals surface area contributed by atoms with Crippen LogP contribution in [0.4, 0.5) is 5.69 Å². The fourth-order valence-electron chi connectivity index (χ4n) is 2.90. The largest absolute Gasteiger partial charge is 0.370 e. The van der Waals surface area contributed by atoms with Gasteiger partial charge in [0.25, 0.3) is 11.8 Å². The summed E-state index contributed by atoms with van der Waals surface area (Å²) in [6.45, 7) is 4.54. The zero-order chi connectivity index (χ0) is 17.6. The second-order valence-electron chi connectivity index (χ2n) is 6.10. The van der Waals surface area contributed by atoms with Gasteiger partial charge in [-0.05, 0) is 24.3 Å². The molecule has 6 heteroatoms. The lowest BCUT2D eigenvalue weighted by molar-refractivity contribution is -0.921. The standard InChI is InChI=1S/C19H21N3O3/c20-18(23)16-3-1-2-4-17(16)21-19(24)15-7-5-14(6-8-15)13-22-9-11-25-12-10-22/h1-8H,9-13H2,(H2,20,23)(H,21,24)/p+1. The first-order valence-corrected chi connectivity index (χ1v) is 8.34. The van der Waals surface area contributed by atoms with Gasteiger partial charge in [0.15, 0.2) is 0 Å². The van der Waals surface area contributed by atoms with Crippen molar-refractivity contribution in [3.05, 3.63) is 65.2 Å². The van der Waals surface area contributed by atoms with Crippen molar-refractivity contribution in [2.24, 2.45) is 5.73 Å². The number of carbonyl (C=O) groups excluding carboxylic acids is 2. The number of ether oxygens (including phenoxy) is 1. The second-order valence-corrected chi connectivity index (χ2v) is 6.10. The fourth-order valence-corrected chi connectivity index (χ4v) is 2.90. The van der Waals surface area contributed by atoms with Gasteiger partial charge in [-0.25, -0.2) is 0 Å². The molecule has 1 aliphatic heterocycles. The Morgan fingerprint density at radius 1 is 1.04 bits per heavy atom. The molecule has 2 amide bonds. The topological polar surface area (TPSA) is 85.9 Å². The molecule has 4 N–H and O–H groups in total. The number of morpholine rings is 1. The molecule has 0 bridgehead atoms. The minimum Gasteiger partial charge on any atom is -0.370 e. The van der Waals surface area contributed by atoms with Crippen molar-refractivity contribution in [2.75, 3.05) is 31.6 Å². The third-order valence-electron chi connectivity index (χ3n) is 4.31. The van der Waals surface area contributed by atoms with E-state index in [2.05, 4.69) is 5.32 Å². The van der Waals surface area contributed by atoms with Crippen LogP contribution in [0, 0.1) is 0 Å². The van der Waals surface area contributed by atoms with Crippen LogP contribution >= 0.6 is 0 Å². The molecule has 1 aliphatic rings. The Labute approximate surface area is 146 Å². The average molecular weight is 340 g/mol. The summed E-state index contributed by atoms with van der Waals surface area (Å²) >= 11 is 0. The molecular weight excluding hydrogens is 318 g/mol. The molecule has 1 fully saturated rings. The fraction of sp³-hybridized carbons (Fsp3) is 0.263. The van der Waals surface area contributed by atoms with Gasteiger partial charge in [-0.15, -0.1) is 0 Å². The predicted octanol–water partition coefficient (Wildman–Crippen LogP) is 0.453. The van der Waals surface area contributed by atoms with E-state index >= 15 is 0 Å². The molecule has 2 aromatic carbocycles. The lowest BCUT2D eigenvalue weighted by atomic mass is 10.1. The van der Waals surface area contributed by atoms with Crippen LogP contribution in [0.15, 0.2) is 48.5 Å². The minimum absolute atomic E-state index is 0.265. The number of benzene rings is 2. The van der Waals surface area contributed by atoms with Crippen LogP contribution in [0.3, 0.4) is 0 Å². The summed E-state index contributed by atoms with van der Waals surface area (Å²) in [7, 11) is 0. The lowest BCUT2D eigenvalue weighted by Crippen LogP contribution is -3.12. The third-order valence-corrected chi connectivity index (χ3v) is 4.31. The van der Waals surface area contributed by atoms with E-state index in [1.165, 1.54) is 10.5 Å². The number of nitrogens with two attached hydrogens (primary N) is 1. The zero-order valence-corrected chi connectivity index (χ0v) is 14.0. The monoisotopic (exact) mass is 340 g/mol. The Bertz CT molecular complexity index is 753. The minimum atomic E-state index is -0.570. The van der Waals surface area contributed by atoms with Crippen molar-refractivity contribution < 1.29 is 19.2 Å². The molecule has 0 atom stereocenters. The molecule has 25 heavy (non-hydrogen) atoms.